The molecule has 0 unspecified atom stereocenters. The van der Waals surface area contributed by atoms with Crippen LogP contribution < -0.4 is 0 Å². The lowest BCUT2D eigenvalue weighted by Gasteiger charge is -2.49. The third-order valence-electron chi connectivity index (χ3n) is 6.14. The van der Waals surface area contributed by atoms with E-state index in [4.69, 9.17) is 0 Å². The number of piperidine rings is 2. The Balaban J connectivity index is 1.48. The van der Waals surface area contributed by atoms with Crippen LogP contribution in [0.15, 0.2) is 41.2 Å². The predicted octanol–water partition coefficient (Wildman–Crippen LogP) is 3.76. The molecule has 1 atom stereocenters. The summed E-state index contributed by atoms with van der Waals surface area (Å²) in [6.45, 7) is 7.01. The number of aromatic nitrogens is 1. The van der Waals surface area contributed by atoms with Gasteiger partial charge in [-0.2, -0.15) is 0 Å². The molecule has 138 valence electrons. The highest BCUT2D eigenvalue weighted by molar-refractivity contribution is 7.07. The van der Waals surface area contributed by atoms with Gasteiger partial charge in [0, 0.05) is 25.0 Å². The Kier molecular flexibility index (Phi) is 5.09. The normalized spacial score (nSPS) is 23.5. The van der Waals surface area contributed by atoms with Crippen molar-refractivity contribution >= 4 is 17.2 Å². The third-order valence-corrected chi connectivity index (χ3v) is 6.78. The van der Waals surface area contributed by atoms with E-state index in [9.17, 15) is 4.79 Å². The Morgan fingerprint density at radius 1 is 1.23 bits per heavy atom. The number of benzene rings is 1. The molecule has 1 amide bonds. The Labute approximate surface area is 159 Å². The number of amides is 1. The van der Waals surface area contributed by atoms with Gasteiger partial charge < -0.3 is 4.90 Å². The van der Waals surface area contributed by atoms with Crippen LogP contribution in [0.25, 0.3) is 0 Å². The van der Waals surface area contributed by atoms with Gasteiger partial charge in [0.1, 0.15) is 0 Å². The lowest BCUT2D eigenvalue weighted by Crippen LogP contribution is -2.53. The Morgan fingerprint density at radius 3 is 2.65 bits per heavy atom. The SMILES string of the molecule is CCN1CC2(CCN(Cc3cscn3)CC2)C[C@@H](c2ccccc2)C1=O. The van der Waals surface area contributed by atoms with Crippen molar-refractivity contribution in [2.45, 2.75) is 38.6 Å². The summed E-state index contributed by atoms with van der Waals surface area (Å²) >= 11 is 1.67. The van der Waals surface area contributed by atoms with Crippen molar-refractivity contribution in [3.8, 4) is 0 Å². The maximum atomic E-state index is 13.0. The number of thiazole rings is 1. The molecule has 0 radical (unpaired) electrons. The van der Waals surface area contributed by atoms with Crippen LogP contribution >= 0.6 is 11.3 Å². The van der Waals surface area contributed by atoms with Crippen molar-refractivity contribution in [2.24, 2.45) is 5.41 Å². The van der Waals surface area contributed by atoms with E-state index in [-0.39, 0.29) is 11.3 Å². The van der Waals surface area contributed by atoms with Crippen molar-refractivity contribution in [3.63, 3.8) is 0 Å². The molecule has 3 heterocycles. The molecule has 4 rings (SSSR count). The highest BCUT2D eigenvalue weighted by Crippen LogP contribution is 2.45. The molecule has 2 aromatic rings. The number of likely N-dealkylation sites (N-methyl/N-ethyl adjacent to an activating group) is 1. The van der Waals surface area contributed by atoms with Crippen molar-refractivity contribution < 1.29 is 4.79 Å². The van der Waals surface area contributed by atoms with E-state index in [0.29, 0.717) is 5.91 Å². The molecular weight excluding hydrogens is 342 g/mol. The second-order valence-electron chi connectivity index (χ2n) is 7.78. The first kappa shape index (κ1) is 17.7. The van der Waals surface area contributed by atoms with Gasteiger partial charge in [0.05, 0.1) is 17.1 Å². The average molecular weight is 370 g/mol. The number of carbonyl (C=O) groups excluding carboxylic acids is 1. The maximum absolute atomic E-state index is 13.0. The topological polar surface area (TPSA) is 36.4 Å². The van der Waals surface area contributed by atoms with Gasteiger partial charge in [-0.3, -0.25) is 9.69 Å². The first-order valence-electron chi connectivity index (χ1n) is 9.62. The van der Waals surface area contributed by atoms with Crippen molar-refractivity contribution in [1.82, 2.24) is 14.8 Å². The predicted molar refractivity (Wildman–Crippen MR) is 105 cm³/mol. The number of hydrogen-bond acceptors (Lipinski definition) is 4. The van der Waals surface area contributed by atoms with Crippen LogP contribution in [0, 0.1) is 5.41 Å². The van der Waals surface area contributed by atoms with Crippen molar-refractivity contribution in [1.29, 1.82) is 0 Å². The van der Waals surface area contributed by atoms with Crippen LogP contribution in [0.5, 0.6) is 0 Å². The molecule has 2 aliphatic heterocycles. The summed E-state index contributed by atoms with van der Waals surface area (Å²) in [5.74, 6) is 0.337. The summed E-state index contributed by atoms with van der Waals surface area (Å²) < 4.78 is 0. The minimum atomic E-state index is 0.0231. The molecule has 2 fully saturated rings. The molecule has 26 heavy (non-hydrogen) atoms. The van der Waals surface area contributed by atoms with Crippen LogP contribution in [0.3, 0.4) is 0 Å². The maximum Gasteiger partial charge on any atom is 0.230 e. The van der Waals surface area contributed by atoms with E-state index in [0.717, 1.165) is 39.1 Å². The lowest BCUT2D eigenvalue weighted by atomic mass is 9.67. The van der Waals surface area contributed by atoms with Crippen LogP contribution in [0.2, 0.25) is 0 Å². The van der Waals surface area contributed by atoms with E-state index in [2.05, 4.69) is 51.4 Å². The Bertz CT molecular complexity index is 723. The Morgan fingerprint density at radius 2 is 2.00 bits per heavy atom. The highest BCUT2D eigenvalue weighted by Gasteiger charge is 2.45. The first-order chi connectivity index (χ1) is 12.7. The van der Waals surface area contributed by atoms with E-state index in [1.54, 1.807) is 11.3 Å². The molecule has 2 saturated heterocycles. The monoisotopic (exact) mass is 369 g/mol. The van der Waals surface area contributed by atoms with E-state index in [1.165, 1.54) is 24.1 Å². The Hall–Kier alpha value is -1.72. The molecule has 5 heteroatoms. The molecule has 0 bridgehead atoms. The molecule has 4 nitrogen and oxygen atoms in total. The zero-order chi connectivity index (χ0) is 18.0. The second kappa shape index (κ2) is 7.49. The molecule has 0 N–H and O–H groups in total. The molecule has 0 aliphatic carbocycles. The molecule has 1 spiro atoms. The van der Waals surface area contributed by atoms with Gasteiger partial charge in [0.25, 0.3) is 0 Å². The second-order valence-corrected chi connectivity index (χ2v) is 8.49. The van der Waals surface area contributed by atoms with Crippen LogP contribution in [-0.4, -0.2) is 46.9 Å². The number of likely N-dealkylation sites (tertiary alicyclic amines) is 2. The zero-order valence-electron chi connectivity index (χ0n) is 15.4. The molecule has 0 saturated carbocycles. The minimum Gasteiger partial charge on any atom is -0.342 e. The van der Waals surface area contributed by atoms with E-state index >= 15 is 0 Å². The summed E-state index contributed by atoms with van der Waals surface area (Å²) in [5, 5.41) is 2.15. The number of nitrogens with zero attached hydrogens (tertiary/aromatic N) is 3. The summed E-state index contributed by atoms with van der Waals surface area (Å²) in [6, 6.07) is 10.4. The fraction of sp³-hybridized carbons (Fsp3) is 0.524. The summed E-state index contributed by atoms with van der Waals surface area (Å²) in [7, 11) is 0. The first-order valence-corrected chi connectivity index (χ1v) is 10.6. The highest BCUT2D eigenvalue weighted by atomic mass is 32.1. The molecular formula is C21H27N3OS. The molecule has 1 aromatic carbocycles. The smallest absolute Gasteiger partial charge is 0.230 e. The quantitative estimate of drug-likeness (QED) is 0.823. The minimum absolute atomic E-state index is 0.0231. The fourth-order valence-electron chi connectivity index (χ4n) is 4.59. The van der Waals surface area contributed by atoms with Gasteiger partial charge in [0.15, 0.2) is 0 Å². The van der Waals surface area contributed by atoms with Crippen LogP contribution in [0.4, 0.5) is 0 Å². The van der Waals surface area contributed by atoms with Gasteiger partial charge in [-0.25, -0.2) is 4.98 Å². The van der Waals surface area contributed by atoms with E-state index in [1.807, 2.05) is 11.6 Å². The van der Waals surface area contributed by atoms with Crippen LogP contribution in [-0.2, 0) is 11.3 Å². The average Bonchev–Trinajstić information content (AvgIpc) is 3.19. The third kappa shape index (κ3) is 3.55. The van der Waals surface area contributed by atoms with Gasteiger partial charge in [0.2, 0.25) is 5.91 Å². The summed E-state index contributed by atoms with van der Waals surface area (Å²) in [4.78, 5) is 22.0. The van der Waals surface area contributed by atoms with Gasteiger partial charge in [-0.05, 0) is 50.3 Å². The molecule has 1 aromatic heterocycles. The fourth-order valence-corrected chi connectivity index (χ4v) is 5.14. The summed E-state index contributed by atoms with van der Waals surface area (Å²) in [6.07, 6.45) is 3.34. The zero-order valence-corrected chi connectivity index (χ0v) is 16.3. The van der Waals surface area contributed by atoms with Gasteiger partial charge in [-0.15, -0.1) is 11.3 Å². The van der Waals surface area contributed by atoms with Crippen molar-refractivity contribution in [2.75, 3.05) is 26.2 Å². The van der Waals surface area contributed by atoms with E-state index < -0.39 is 0 Å². The standard InChI is InChI=1S/C21H27N3OS/c1-2-24-15-21(12-19(20(24)25)17-6-4-3-5-7-17)8-10-23(11-9-21)13-18-14-26-16-22-18/h3-7,14,16,19H,2,8-13,15H2,1H3/t19-/m0/s1. The number of rotatable bonds is 4. The summed E-state index contributed by atoms with van der Waals surface area (Å²) in [5.41, 5.74) is 4.54. The van der Waals surface area contributed by atoms with Gasteiger partial charge in [-0.1, -0.05) is 30.3 Å². The van der Waals surface area contributed by atoms with Gasteiger partial charge >= 0.3 is 0 Å². The largest absolute Gasteiger partial charge is 0.342 e. The molecule has 2 aliphatic rings. The lowest BCUT2D eigenvalue weighted by molar-refractivity contribution is -0.141. The number of carbonyl (C=O) groups is 1. The number of hydrogen-bond donors (Lipinski definition) is 0. The van der Waals surface area contributed by atoms with Crippen LogP contribution in [0.1, 0.15) is 43.4 Å². The van der Waals surface area contributed by atoms with Crippen molar-refractivity contribution in [3.05, 3.63) is 52.5 Å².